The van der Waals surface area contributed by atoms with Crippen molar-refractivity contribution < 1.29 is 4.39 Å². The zero-order valence-electron chi connectivity index (χ0n) is 11.9. The van der Waals surface area contributed by atoms with Crippen LogP contribution in [-0.2, 0) is 0 Å². The number of hydrogen-bond acceptors (Lipinski definition) is 3. The molecule has 19 heavy (non-hydrogen) atoms. The van der Waals surface area contributed by atoms with Crippen molar-refractivity contribution in [3.63, 3.8) is 0 Å². The second-order valence-corrected chi connectivity index (χ2v) is 4.82. The molecule has 0 atom stereocenters. The Bertz CT molecular complexity index is 431. The molecule has 0 radical (unpaired) electrons. The Morgan fingerprint density at radius 1 is 1.32 bits per heavy atom. The molecule has 0 unspecified atom stereocenters. The summed E-state index contributed by atoms with van der Waals surface area (Å²) >= 11 is 0. The van der Waals surface area contributed by atoms with Gasteiger partial charge in [0.25, 0.3) is 0 Å². The van der Waals surface area contributed by atoms with Crippen LogP contribution in [0.25, 0.3) is 0 Å². The van der Waals surface area contributed by atoms with E-state index in [4.69, 9.17) is 11.1 Å². The normalized spacial score (nSPS) is 10.8. The molecule has 0 spiro atoms. The summed E-state index contributed by atoms with van der Waals surface area (Å²) in [5.74, 6) is -0.430. The molecule has 0 saturated carbocycles. The predicted molar refractivity (Wildman–Crippen MR) is 78.5 cm³/mol. The minimum atomic E-state index is -0.320. The Labute approximate surface area is 114 Å². The van der Waals surface area contributed by atoms with Crippen molar-refractivity contribution in [1.82, 2.24) is 4.90 Å². The minimum absolute atomic E-state index is 0.110. The van der Waals surface area contributed by atoms with Gasteiger partial charge in [-0.05, 0) is 52.2 Å². The zero-order valence-corrected chi connectivity index (χ0v) is 11.9. The van der Waals surface area contributed by atoms with Crippen LogP contribution >= 0.6 is 0 Å². The number of nitrogens with one attached hydrogen (secondary N) is 1. The maximum atomic E-state index is 14.0. The fourth-order valence-corrected chi connectivity index (χ4v) is 1.96. The number of halogens is 1. The van der Waals surface area contributed by atoms with Crippen LogP contribution in [0, 0.1) is 11.2 Å². The van der Waals surface area contributed by atoms with Crippen LogP contribution in [0.5, 0.6) is 0 Å². The third-order valence-corrected chi connectivity index (χ3v) is 3.01. The number of nitrogen functional groups attached to an aromatic ring is 1. The maximum absolute atomic E-state index is 14.0. The summed E-state index contributed by atoms with van der Waals surface area (Å²) in [5.41, 5.74) is 6.35. The van der Waals surface area contributed by atoms with Gasteiger partial charge < -0.3 is 15.5 Å². The lowest BCUT2D eigenvalue weighted by Crippen LogP contribution is -2.28. The van der Waals surface area contributed by atoms with Crippen LogP contribution in [0.15, 0.2) is 18.2 Å². The highest BCUT2D eigenvalue weighted by Gasteiger charge is 2.11. The Morgan fingerprint density at radius 3 is 2.47 bits per heavy atom. The van der Waals surface area contributed by atoms with E-state index in [9.17, 15) is 4.39 Å². The molecule has 1 rings (SSSR count). The van der Waals surface area contributed by atoms with Gasteiger partial charge in [0.15, 0.2) is 0 Å². The summed E-state index contributed by atoms with van der Waals surface area (Å²) < 4.78 is 14.0. The van der Waals surface area contributed by atoms with Gasteiger partial charge in [0.1, 0.15) is 11.7 Å². The van der Waals surface area contributed by atoms with Crippen LogP contribution in [-0.4, -0.2) is 44.5 Å². The van der Waals surface area contributed by atoms with Crippen LogP contribution in [0.2, 0.25) is 0 Å². The molecule has 0 saturated heterocycles. The molecule has 0 fully saturated rings. The van der Waals surface area contributed by atoms with Crippen molar-refractivity contribution in [2.24, 2.45) is 5.73 Å². The molecule has 0 amide bonds. The number of hydrogen-bond donors (Lipinski definition) is 2. The first kappa shape index (κ1) is 15.4. The summed E-state index contributed by atoms with van der Waals surface area (Å²) in [4.78, 5) is 4.12. The van der Waals surface area contributed by atoms with Crippen LogP contribution in [0.3, 0.4) is 0 Å². The van der Waals surface area contributed by atoms with Crippen molar-refractivity contribution in [3.8, 4) is 0 Å². The molecule has 1 aromatic rings. The lowest BCUT2D eigenvalue weighted by molar-refractivity contribution is 0.400. The summed E-state index contributed by atoms with van der Waals surface area (Å²) in [7, 11) is 4.05. The van der Waals surface area contributed by atoms with E-state index in [2.05, 4.69) is 4.90 Å². The molecular weight excluding hydrogens is 243 g/mol. The summed E-state index contributed by atoms with van der Waals surface area (Å²) in [6.07, 6.45) is 0.981. The highest BCUT2D eigenvalue weighted by Crippen LogP contribution is 2.20. The monoisotopic (exact) mass is 266 g/mol. The average Bonchev–Trinajstić information content (AvgIpc) is 2.34. The molecule has 0 heterocycles. The topological polar surface area (TPSA) is 56.4 Å². The molecule has 3 N–H and O–H groups in total. The van der Waals surface area contributed by atoms with E-state index < -0.39 is 0 Å². The summed E-state index contributed by atoms with van der Waals surface area (Å²) in [6, 6.07) is 4.72. The summed E-state index contributed by atoms with van der Waals surface area (Å²) in [5, 5.41) is 7.30. The van der Waals surface area contributed by atoms with Crippen molar-refractivity contribution in [1.29, 1.82) is 5.41 Å². The van der Waals surface area contributed by atoms with Gasteiger partial charge in [-0.2, -0.15) is 0 Å². The second kappa shape index (κ2) is 7.09. The summed E-state index contributed by atoms with van der Waals surface area (Å²) in [6.45, 7) is 4.55. The van der Waals surface area contributed by atoms with Crippen molar-refractivity contribution in [2.45, 2.75) is 13.3 Å². The first-order chi connectivity index (χ1) is 8.95. The van der Waals surface area contributed by atoms with E-state index in [1.54, 1.807) is 12.1 Å². The fraction of sp³-hybridized carbons (Fsp3) is 0.500. The van der Waals surface area contributed by atoms with E-state index >= 15 is 0 Å². The minimum Gasteiger partial charge on any atom is -0.384 e. The molecule has 0 aromatic heterocycles. The Morgan fingerprint density at radius 2 is 2.00 bits per heavy atom. The zero-order chi connectivity index (χ0) is 14.4. The molecule has 0 bridgehead atoms. The Hall–Kier alpha value is -1.62. The molecule has 0 aliphatic rings. The molecule has 106 valence electrons. The number of benzene rings is 1. The van der Waals surface area contributed by atoms with Crippen LogP contribution in [0.1, 0.15) is 18.9 Å². The third kappa shape index (κ3) is 4.52. The first-order valence-corrected chi connectivity index (χ1v) is 6.49. The van der Waals surface area contributed by atoms with E-state index in [0.717, 1.165) is 26.1 Å². The third-order valence-electron chi connectivity index (χ3n) is 3.01. The standard InChI is InChI=1S/C14H23FN4/c1-4-19(9-5-8-18(2)3)13-7-6-11(14(16)17)10-12(13)15/h6-7,10H,4-5,8-9H2,1-3H3,(H3,16,17). The van der Waals surface area contributed by atoms with Gasteiger partial charge in [-0.3, -0.25) is 5.41 Å². The predicted octanol–water partition coefficient (Wildman–Crippen LogP) is 1.89. The number of nitrogens with zero attached hydrogens (tertiary/aromatic N) is 2. The van der Waals surface area contributed by atoms with Gasteiger partial charge in [-0.1, -0.05) is 0 Å². The van der Waals surface area contributed by atoms with Gasteiger partial charge in [0.2, 0.25) is 0 Å². The van der Waals surface area contributed by atoms with E-state index in [-0.39, 0.29) is 11.7 Å². The smallest absolute Gasteiger partial charge is 0.147 e. The number of rotatable bonds is 7. The van der Waals surface area contributed by atoms with Crippen molar-refractivity contribution in [2.75, 3.05) is 38.6 Å². The molecule has 0 aliphatic carbocycles. The van der Waals surface area contributed by atoms with Crippen molar-refractivity contribution in [3.05, 3.63) is 29.6 Å². The molecule has 1 aromatic carbocycles. The largest absolute Gasteiger partial charge is 0.384 e. The highest BCUT2D eigenvalue weighted by molar-refractivity contribution is 5.95. The lowest BCUT2D eigenvalue weighted by Gasteiger charge is -2.24. The number of anilines is 1. The van der Waals surface area contributed by atoms with Gasteiger partial charge >= 0.3 is 0 Å². The van der Waals surface area contributed by atoms with Gasteiger partial charge in [0.05, 0.1) is 5.69 Å². The molecular formula is C14H23FN4. The molecule has 5 heteroatoms. The molecule has 4 nitrogen and oxygen atoms in total. The van der Waals surface area contributed by atoms with E-state index in [1.807, 2.05) is 25.9 Å². The lowest BCUT2D eigenvalue weighted by atomic mass is 10.1. The SMILES string of the molecule is CCN(CCCN(C)C)c1ccc(C(=N)N)cc1F. The number of nitrogens with two attached hydrogens (primary N) is 1. The fourth-order valence-electron chi connectivity index (χ4n) is 1.96. The van der Waals surface area contributed by atoms with Crippen LogP contribution < -0.4 is 10.6 Å². The van der Waals surface area contributed by atoms with Gasteiger partial charge in [-0.25, -0.2) is 4.39 Å². The highest BCUT2D eigenvalue weighted by atomic mass is 19.1. The van der Waals surface area contributed by atoms with Crippen molar-refractivity contribution >= 4 is 11.5 Å². The van der Waals surface area contributed by atoms with Crippen LogP contribution in [0.4, 0.5) is 10.1 Å². The maximum Gasteiger partial charge on any atom is 0.147 e. The Kier molecular flexibility index (Phi) is 5.76. The quantitative estimate of drug-likeness (QED) is 0.585. The van der Waals surface area contributed by atoms with E-state index in [1.165, 1.54) is 6.07 Å². The van der Waals surface area contributed by atoms with Gasteiger partial charge in [-0.15, -0.1) is 0 Å². The Balaban J connectivity index is 2.78. The second-order valence-electron chi connectivity index (χ2n) is 4.82. The molecule has 0 aliphatic heterocycles. The average molecular weight is 266 g/mol. The first-order valence-electron chi connectivity index (χ1n) is 6.49. The van der Waals surface area contributed by atoms with Gasteiger partial charge in [0, 0.05) is 18.7 Å². The van der Waals surface area contributed by atoms with E-state index in [0.29, 0.717) is 11.3 Å². The number of amidine groups is 1.